The maximum absolute atomic E-state index is 11.9. The number of carbonyl (C=O) groups excluding carboxylic acids is 1. The van der Waals surface area contributed by atoms with Crippen LogP contribution in [0, 0.1) is 16.7 Å². The van der Waals surface area contributed by atoms with Gasteiger partial charge in [-0.25, -0.2) is 9.97 Å². The van der Waals surface area contributed by atoms with Gasteiger partial charge in [-0.2, -0.15) is 5.26 Å². The highest BCUT2D eigenvalue weighted by molar-refractivity contribution is 5.95. The van der Waals surface area contributed by atoms with Crippen LogP contribution in [0.2, 0.25) is 0 Å². The van der Waals surface area contributed by atoms with Gasteiger partial charge in [0.25, 0.3) is 0 Å². The van der Waals surface area contributed by atoms with Gasteiger partial charge in [0.1, 0.15) is 5.41 Å². The summed E-state index contributed by atoms with van der Waals surface area (Å²) in [6, 6.07) is 3.73. The predicted molar refractivity (Wildman–Crippen MR) is 59.3 cm³/mol. The Morgan fingerprint density at radius 1 is 1.44 bits per heavy atom. The van der Waals surface area contributed by atoms with Gasteiger partial charge in [0.15, 0.2) is 0 Å². The van der Waals surface area contributed by atoms with E-state index in [1.807, 2.05) is 13.8 Å². The number of nitriles is 1. The largest absolute Gasteiger partial charge is 0.293 e. The molecule has 0 radical (unpaired) electrons. The van der Waals surface area contributed by atoms with E-state index in [0.717, 1.165) is 0 Å². The third-order valence-electron chi connectivity index (χ3n) is 2.65. The maximum Gasteiger partial charge on any atom is 0.247 e. The fourth-order valence-electron chi connectivity index (χ4n) is 1.36. The molecule has 0 unspecified atom stereocenters. The van der Waals surface area contributed by atoms with Crippen LogP contribution in [0.3, 0.4) is 0 Å². The van der Waals surface area contributed by atoms with Crippen molar-refractivity contribution in [1.29, 1.82) is 5.26 Å². The van der Waals surface area contributed by atoms with Gasteiger partial charge in [-0.3, -0.25) is 10.1 Å². The Morgan fingerprint density at radius 2 is 2.00 bits per heavy atom. The Hall–Kier alpha value is -1.96. The first-order valence-electron chi connectivity index (χ1n) is 5.18. The number of nitrogens with one attached hydrogen (secondary N) is 1. The minimum absolute atomic E-state index is 0.231. The monoisotopic (exact) mass is 218 g/mol. The van der Waals surface area contributed by atoms with E-state index >= 15 is 0 Å². The molecule has 84 valence electrons. The van der Waals surface area contributed by atoms with Gasteiger partial charge in [0, 0.05) is 12.4 Å². The molecule has 0 aliphatic carbocycles. The van der Waals surface area contributed by atoms with E-state index < -0.39 is 5.41 Å². The van der Waals surface area contributed by atoms with Gasteiger partial charge in [-0.05, 0) is 18.9 Å². The fraction of sp³-hybridized carbons (Fsp3) is 0.455. The van der Waals surface area contributed by atoms with Crippen LogP contribution < -0.4 is 5.32 Å². The highest BCUT2D eigenvalue weighted by atomic mass is 16.2. The normalized spacial score (nSPS) is 10.6. The molecule has 0 fully saturated rings. The van der Waals surface area contributed by atoms with Crippen molar-refractivity contribution in [2.45, 2.75) is 26.7 Å². The van der Waals surface area contributed by atoms with E-state index in [0.29, 0.717) is 12.8 Å². The third-order valence-corrected chi connectivity index (χ3v) is 2.65. The summed E-state index contributed by atoms with van der Waals surface area (Å²) in [7, 11) is 0. The molecule has 0 aromatic carbocycles. The standard InChI is InChI=1S/C11H14N4O/c1-3-11(4-2,8-12)9(16)15-10-13-6-5-7-14-10/h5-7H,3-4H2,1-2H3,(H,13,14,15,16). The van der Waals surface area contributed by atoms with Crippen LogP contribution in [0.5, 0.6) is 0 Å². The molecule has 0 aliphatic rings. The quantitative estimate of drug-likeness (QED) is 0.834. The first-order chi connectivity index (χ1) is 7.68. The van der Waals surface area contributed by atoms with Crippen molar-refractivity contribution in [3.63, 3.8) is 0 Å². The van der Waals surface area contributed by atoms with Crippen LogP contribution >= 0.6 is 0 Å². The van der Waals surface area contributed by atoms with Crippen molar-refractivity contribution in [2.75, 3.05) is 5.32 Å². The molecule has 1 rings (SSSR count). The summed E-state index contributed by atoms with van der Waals surface area (Å²) < 4.78 is 0. The molecule has 0 saturated heterocycles. The average Bonchev–Trinajstić information content (AvgIpc) is 2.33. The number of hydrogen-bond acceptors (Lipinski definition) is 4. The number of carbonyl (C=O) groups is 1. The van der Waals surface area contributed by atoms with Crippen LogP contribution in [-0.2, 0) is 4.79 Å². The smallest absolute Gasteiger partial charge is 0.247 e. The molecule has 1 aromatic rings. The van der Waals surface area contributed by atoms with Gasteiger partial charge in [0.05, 0.1) is 6.07 Å². The van der Waals surface area contributed by atoms with E-state index in [2.05, 4.69) is 21.4 Å². The van der Waals surface area contributed by atoms with Gasteiger partial charge < -0.3 is 0 Å². The number of hydrogen-bond donors (Lipinski definition) is 1. The number of amides is 1. The molecule has 0 aliphatic heterocycles. The molecule has 5 nitrogen and oxygen atoms in total. The number of anilines is 1. The van der Waals surface area contributed by atoms with Crippen LogP contribution in [0.1, 0.15) is 26.7 Å². The molecule has 1 N–H and O–H groups in total. The minimum atomic E-state index is -0.987. The second kappa shape index (κ2) is 5.21. The van der Waals surface area contributed by atoms with Gasteiger partial charge in [-0.1, -0.05) is 13.8 Å². The summed E-state index contributed by atoms with van der Waals surface area (Å²) in [5.74, 6) is -0.111. The zero-order valence-corrected chi connectivity index (χ0v) is 9.40. The molecular weight excluding hydrogens is 204 g/mol. The summed E-state index contributed by atoms with van der Waals surface area (Å²) in [6.45, 7) is 3.64. The number of rotatable bonds is 4. The first-order valence-corrected chi connectivity index (χ1v) is 5.18. The molecule has 5 heteroatoms. The van der Waals surface area contributed by atoms with Crippen molar-refractivity contribution < 1.29 is 4.79 Å². The molecule has 0 bridgehead atoms. The first kappa shape index (κ1) is 12.1. The summed E-state index contributed by atoms with van der Waals surface area (Å²) >= 11 is 0. The SMILES string of the molecule is CCC(C#N)(CC)C(=O)Nc1ncccn1. The van der Waals surface area contributed by atoms with Gasteiger partial charge >= 0.3 is 0 Å². The van der Waals surface area contributed by atoms with Crippen LogP contribution in [0.4, 0.5) is 5.95 Å². The average molecular weight is 218 g/mol. The molecule has 1 heterocycles. The predicted octanol–water partition coefficient (Wildman–Crippen LogP) is 1.75. The maximum atomic E-state index is 11.9. The van der Waals surface area contributed by atoms with E-state index in [4.69, 9.17) is 5.26 Å². The zero-order chi connectivity index (χ0) is 12.0. The Labute approximate surface area is 94.5 Å². The van der Waals surface area contributed by atoms with Crippen LogP contribution in [-0.4, -0.2) is 15.9 Å². The van der Waals surface area contributed by atoms with Crippen molar-refractivity contribution in [2.24, 2.45) is 5.41 Å². The lowest BCUT2D eigenvalue weighted by molar-refractivity contribution is -0.123. The Morgan fingerprint density at radius 3 is 2.44 bits per heavy atom. The molecule has 16 heavy (non-hydrogen) atoms. The molecule has 1 amide bonds. The third kappa shape index (κ3) is 2.34. The highest BCUT2D eigenvalue weighted by Crippen LogP contribution is 2.26. The molecule has 0 saturated carbocycles. The molecular formula is C11H14N4O. The highest BCUT2D eigenvalue weighted by Gasteiger charge is 2.35. The van der Waals surface area contributed by atoms with E-state index in [9.17, 15) is 4.79 Å². The lowest BCUT2D eigenvalue weighted by Crippen LogP contribution is -2.34. The minimum Gasteiger partial charge on any atom is -0.293 e. The van der Waals surface area contributed by atoms with Crippen molar-refractivity contribution >= 4 is 11.9 Å². The lowest BCUT2D eigenvalue weighted by atomic mass is 9.83. The van der Waals surface area contributed by atoms with E-state index in [1.165, 1.54) is 12.4 Å². The van der Waals surface area contributed by atoms with Crippen molar-refractivity contribution in [1.82, 2.24) is 9.97 Å². The van der Waals surface area contributed by atoms with E-state index in [1.54, 1.807) is 6.07 Å². The second-order valence-corrected chi connectivity index (χ2v) is 3.43. The fourth-order valence-corrected chi connectivity index (χ4v) is 1.36. The topological polar surface area (TPSA) is 78.7 Å². The molecule has 0 atom stereocenters. The van der Waals surface area contributed by atoms with Gasteiger partial charge in [-0.15, -0.1) is 0 Å². The summed E-state index contributed by atoms with van der Waals surface area (Å²) in [6.07, 6.45) is 4.01. The number of aromatic nitrogens is 2. The van der Waals surface area contributed by atoms with Gasteiger partial charge in [0.2, 0.25) is 11.9 Å². The van der Waals surface area contributed by atoms with Crippen molar-refractivity contribution in [3.05, 3.63) is 18.5 Å². The van der Waals surface area contributed by atoms with Crippen LogP contribution in [0.15, 0.2) is 18.5 Å². The van der Waals surface area contributed by atoms with E-state index in [-0.39, 0.29) is 11.9 Å². The van der Waals surface area contributed by atoms with Crippen molar-refractivity contribution in [3.8, 4) is 6.07 Å². The Balaban J connectivity index is 2.83. The molecule has 0 spiro atoms. The summed E-state index contributed by atoms with van der Waals surface area (Å²) in [4.78, 5) is 19.7. The number of nitrogens with zero attached hydrogens (tertiary/aromatic N) is 3. The second-order valence-electron chi connectivity index (χ2n) is 3.43. The lowest BCUT2D eigenvalue weighted by Gasteiger charge is -2.21. The van der Waals surface area contributed by atoms with Crippen LogP contribution in [0.25, 0.3) is 0 Å². The summed E-state index contributed by atoms with van der Waals surface area (Å²) in [5, 5.41) is 11.6. The summed E-state index contributed by atoms with van der Waals surface area (Å²) in [5.41, 5.74) is -0.987. The molecule has 1 aromatic heterocycles. The zero-order valence-electron chi connectivity index (χ0n) is 9.40. The Bertz CT molecular complexity index is 392. The Kier molecular flexibility index (Phi) is 3.95.